The summed E-state index contributed by atoms with van der Waals surface area (Å²) in [4.78, 5) is 36.3. The summed E-state index contributed by atoms with van der Waals surface area (Å²) < 4.78 is 0. The first kappa shape index (κ1) is 28.3. The molecular weight excluding hydrogens is 458 g/mol. The standard InChI is InChI=1S/C27H35N5O4/c1-2-23(18-27(35)36)30-25(31-26(34)11-7-17-33)10-6-16-32(20-22-8-4-3-5-9-22)24-14-12-21(13-15-24)19-29-28/h2-5,8-9,12-15,17,19,23,25,30H,1,6-7,10-11,16,18,20,28H2,(H,31,34)(H,35,36). The lowest BCUT2D eigenvalue weighted by Crippen LogP contribution is -2.49. The van der Waals surface area contributed by atoms with Gasteiger partial charge in [0.15, 0.2) is 0 Å². The van der Waals surface area contributed by atoms with Crippen molar-refractivity contribution in [3.8, 4) is 0 Å². The van der Waals surface area contributed by atoms with Crippen LogP contribution in [0.2, 0.25) is 0 Å². The Kier molecular flexibility index (Phi) is 12.4. The maximum absolute atomic E-state index is 12.3. The summed E-state index contributed by atoms with van der Waals surface area (Å²) in [6, 6.07) is 17.5. The number of carboxylic acids is 1. The molecule has 36 heavy (non-hydrogen) atoms. The van der Waals surface area contributed by atoms with E-state index in [2.05, 4.69) is 39.3 Å². The lowest BCUT2D eigenvalue weighted by atomic mass is 10.1. The summed E-state index contributed by atoms with van der Waals surface area (Å²) in [5.41, 5.74) is 3.09. The molecule has 0 heterocycles. The van der Waals surface area contributed by atoms with E-state index in [1.165, 1.54) is 6.08 Å². The number of nitrogens with one attached hydrogen (secondary N) is 2. The summed E-state index contributed by atoms with van der Waals surface area (Å²) in [5.74, 6) is 4.02. The van der Waals surface area contributed by atoms with Gasteiger partial charge in [-0.3, -0.25) is 14.9 Å². The van der Waals surface area contributed by atoms with Crippen molar-refractivity contribution in [2.45, 2.75) is 50.9 Å². The van der Waals surface area contributed by atoms with Gasteiger partial charge in [0.05, 0.1) is 18.8 Å². The zero-order valence-corrected chi connectivity index (χ0v) is 20.4. The highest BCUT2D eigenvalue weighted by Crippen LogP contribution is 2.19. The van der Waals surface area contributed by atoms with Crippen molar-refractivity contribution in [2.24, 2.45) is 10.9 Å². The predicted octanol–water partition coefficient (Wildman–Crippen LogP) is 2.81. The van der Waals surface area contributed by atoms with Crippen molar-refractivity contribution >= 4 is 30.1 Å². The van der Waals surface area contributed by atoms with Gasteiger partial charge in [0, 0.05) is 37.7 Å². The number of benzene rings is 2. The molecule has 0 saturated heterocycles. The van der Waals surface area contributed by atoms with Crippen LogP contribution in [0.5, 0.6) is 0 Å². The maximum atomic E-state index is 12.3. The maximum Gasteiger partial charge on any atom is 0.305 e. The zero-order valence-electron chi connectivity index (χ0n) is 20.4. The molecule has 1 amide bonds. The van der Waals surface area contributed by atoms with Crippen LogP contribution in [0.15, 0.2) is 72.4 Å². The normalized spacial score (nSPS) is 12.6. The van der Waals surface area contributed by atoms with E-state index in [-0.39, 0.29) is 25.2 Å². The molecule has 2 atom stereocenters. The molecule has 0 aliphatic carbocycles. The van der Waals surface area contributed by atoms with Crippen molar-refractivity contribution < 1.29 is 19.5 Å². The number of carbonyl (C=O) groups is 3. The Bertz CT molecular complexity index is 995. The third-order valence-corrected chi connectivity index (χ3v) is 5.54. The monoisotopic (exact) mass is 493 g/mol. The van der Waals surface area contributed by atoms with E-state index in [4.69, 9.17) is 10.9 Å². The second-order valence-electron chi connectivity index (χ2n) is 8.35. The molecule has 2 aromatic rings. The Hall–Kier alpha value is -3.98. The minimum absolute atomic E-state index is 0.0813. The first-order chi connectivity index (χ1) is 17.4. The van der Waals surface area contributed by atoms with Crippen molar-refractivity contribution in [1.82, 2.24) is 10.6 Å². The molecule has 9 nitrogen and oxygen atoms in total. The number of rotatable bonds is 17. The number of anilines is 1. The molecule has 2 unspecified atom stereocenters. The third-order valence-electron chi connectivity index (χ3n) is 5.54. The molecule has 5 N–H and O–H groups in total. The molecule has 0 aliphatic rings. The Balaban J connectivity index is 2.11. The molecule has 9 heteroatoms. The summed E-state index contributed by atoms with van der Waals surface area (Å²) in [7, 11) is 0. The van der Waals surface area contributed by atoms with Crippen LogP contribution in [-0.4, -0.2) is 48.2 Å². The molecule has 0 aromatic heterocycles. The van der Waals surface area contributed by atoms with Crippen LogP contribution < -0.4 is 21.4 Å². The van der Waals surface area contributed by atoms with Gasteiger partial charge >= 0.3 is 5.97 Å². The van der Waals surface area contributed by atoms with Gasteiger partial charge in [-0.05, 0) is 36.1 Å². The molecule has 0 aliphatic heterocycles. The van der Waals surface area contributed by atoms with E-state index < -0.39 is 18.2 Å². The van der Waals surface area contributed by atoms with E-state index in [0.717, 1.165) is 16.8 Å². The van der Waals surface area contributed by atoms with Crippen LogP contribution in [0.4, 0.5) is 5.69 Å². The fourth-order valence-electron chi connectivity index (χ4n) is 3.76. The number of hydrazone groups is 1. The van der Waals surface area contributed by atoms with Gasteiger partial charge in [0.25, 0.3) is 0 Å². The lowest BCUT2D eigenvalue weighted by Gasteiger charge is -2.28. The minimum Gasteiger partial charge on any atom is -0.481 e. The van der Waals surface area contributed by atoms with Crippen molar-refractivity contribution in [3.05, 3.63) is 78.4 Å². The highest BCUT2D eigenvalue weighted by atomic mass is 16.4. The molecule has 2 aromatic carbocycles. The number of aldehydes is 1. The van der Waals surface area contributed by atoms with Crippen molar-refractivity contribution in [1.29, 1.82) is 0 Å². The van der Waals surface area contributed by atoms with Gasteiger partial charge < -0.3 is 26.0 Å². The predicted molar refractivity (Wildman–Crippen MR) is 142 cm³/mol. The fraction of sp³-hybridized carbons (Fsp3) is 0.333. The molecular formula is C27H35N5O4. The van der Waals surface area contributed by atoms with E-state index >= 15 is 0 Å². The van der Waals surface area contributed by atoms with Crippen LogP contribution in [0.25, 0.3) is 0 Å². The molecule has 2 rings (SSSR count). The fourth-order valence-corrected chi connectivity index (χ4v) is 3.76. The smallest absolute Gasteiger partial charge is 0.305 e. The number of nitrogens with two attached hydrogens (primary N) is 1. The molecule has 192 valence electrons. The number of hydrogen-bond donors (Lipinski definition) is 4. The Morgan fingerprint density at radius 3 is 2.47 bits per heavy atom. The van der Waals surface area contributed by atoms with Gasteiger partial charge in [-0.15, -0.1) is 6.58 Å². The summed E-state index contributed by atoms with van der Waals surface area (Å²) in [6.07, 6.45) is 4.67. The van der Waals surface area contributed by atoms with Gasteiger partial charge in [-0.1, -0.05) is 48.5 Å². The van der Waals surface area contributed by atoms with Crippen LogP contribution in [0.3, 0.4) is 0 Å². The van der Waals surface area contributed by atoms with Crippen molar-refractivity contribution in [3.63, 3.8) is 0 Å². The number of amides is 1. The number of carboxylic acid groups (broad SMARTS) is 1. The van der Waals surface area contributed by atoms with Crippen molar-refractivity contribution in [2.75, 3.05) is 11.4 Å². The van der Waals surface area contributed by atoms with E-state index in [1.54, 1.807) is 6.21 Å². The summed E-state index contributed by atoms with van der Waals surface area (Å²) >= 11 is 0. The van der Waals surface area contributed by atoms with Gasteiger partial charge in [-0.25, -0.2) is 0 Å². The Morgan fingerprint density at radius 1 is 1.14 bits per heavy atom. The Morgan fingerprint density at radius 2 is 1.86 bits per heavy atom. The molecule has 0 radical (unpaired) electrons. The lowest BCUT2D eigenvalue weighted by molar-refractivity contribution is -0.137. The highest BCUT2D eigenvalue weighted by molar-refractivity contribution is 5.80. The number of hydrogen-bond acceptors (Lipinski definition) is 7. The van der Waals surface area contributed by atoms with E-state index in [0.29, 0.717) is 32.2 Å². The van der Waals surface area contributed by atoms with Crippen LogP contribution in [-0.2, 0) is 20.9 Å². The first-order valence-electron chi connectivity index (χ1n) is 11.9. The second kappa shape index (κ2) is 15.8. The number of nitrogens with zero attached hydrogens (tertiary/aromatic N) is 2. The number of carbonyl (C=O) groups excluding carboxylic acids is 2. The van der Waals surface area contributed by atoms with Crippen LogP contribution >= 0.6 is 0 Å². The Labute approximate surface area is 212 Å². The highest BCUT2D eigenvalue weighted by Gasteiger charge is 2.18. The molecule has 0 saturated carbocycles. The number of aliphatic carboxylic acids is 1. The largest absolute Gasteiger partial charge is 0.481 e. The van der Waals surface area contributed by atoms with Gasteiger partial charge in [0.2, 0.25) is 5.91 Å². The second-order valence-corrected chi connectivity index (χ2v) is 8.35. The molecule has 0 fully saturated rings. The topological polar surface area (TPSA) is 137 Å². The third kappa shape index (κ3) is 10.5. The SMILES string of the molecule is C=CC(CC(=O)O)NC(CCCN(Cc1ccccc1)c1ccc(C=NN)cc1)NC(=O)CCC=O. The zero-order chi connectivity index (χ0) is 26.2. The molecule has 0 spiro atoms. The quantitative estimate of drug-likeness (QED) is 0.0664. The molecule has 0 bridgehead atoms. The van der Waals surface area contributed by atoms with Crippen LogP contribution in [0.1, 0.15) is 43.2 Å². The average Bonchev–Trinajstić information content (AvgIpc) is 2.87. The van der Waals surface area contributed by atoms with E-state index in [1.807, 2.05) is 42.5 Å². The van der Waals surface area contributed by atoms with Crippen LogP contribution in [0, 0.1) is 0 Å². The van der Waals surface area contributed by atoms with Gasteiger partial charge in [-0.2, -0.15) is 5.10 Å². The van der Waals surface area contributed by atoms with E-state index in [9.17, 15) is 14.4 Å². The average molecular weight is 494 g/mol. The first-order valence-corrected chi connectivity index (χ1v) is 11.9. The summed E-state index contributed by atoms with van der Waals surface area (Å²) in [6.45, 7) is 5.09. The van der Waals surface area contributed by atoms with Gasteiger partial charge in [0.1, 0.15) is 6.29 Å². The summed E-state index contributed by atoms with van der Waals surface area (Å²) in [5, 5.41) is 18.8. The minimum atomic E-state index is -0.962.